The molecule has 0 aromatic heterocycles. The molecule has 1 unspecified atom stereocenters. The predicted molar refractivity (Wildman–Crippen MR) is 29.6 cm³/mol. The van der Waals surface area contributed by atoms with Gasteiger partial charge in [-0.25, -0.2) is 0 Å². The monoisotopic (exact) mass is 113 g/mol. The number of hydrogen-bond acceptors (Lipinski definition) is 0. The van der Waals surface area contributed by atoms with Crippen LogP contribution in [0.5, 0.6) is 0 Å². The molecule has 0 spiro atoms. The third-order valence-electron chi connectivity index (χ3n) is 0. The van der Waals surface area contributed by atoms with Gasteiger partial charge in [-0.05, 0) is 0 Å². The molecule has 0 aliphatic rings. The predicted octanol–water partition coefficient (Wildman–Crippen LogP) is 1.94. The Morgan fingerprint density at radius 1 is 1.60 bits per heavy atom. The Morgan fingerprint density at radius 3 is 1.60 bits per heavy atom. The van der Waals surface area contributed by atoms with Crippen molar-refractivity contribution < 1.29 is 4.20 Å². The Labute approximate surface area is 34.7 Å². The first-order valence-electron chi connectivity index (χ1n) is 1.32. The van der Waals surface area contributed by atoms with Crippen molar-refractivity contribution in [2.24, 2.45) is 0 Å². The van der Waals surface area contributed by atoms with Crippen LogP contribution in [0, 0.1) is 0 Å². The van der Waals surface area contributed by atoms with Gasteiger partial charge in [0.15, 0.2) is 0 Å². The first-order chi connectivity index (χ1) is 2.00. The van der Waals surface area contributed by atoms with E-state index in [1.165, 1.54) is 0 Å². The van der Waals surface area contributed by atoms with Crippen LogP contribution < -0.4 is 0 Å². The standard InChI is InChI=1S/C2H8FP2/c1-5(2,3)4/h4H2,1-2H3/q+1. The highest BCUT2D eigenvalue weighted by molar-refractivity contribution is 8.21. The van der Waals surface area contributed by atoms with Gasteiger partial charge in [-0.3, -0.25) is 0 Å². The summed E-state index contributed by atoms with van der Waals surface area (Å²) in [4.78, 5) is 0. The van der Waals surface area contributed by atoms with Gasteiger partial charge < -0.3 is 0 Å². The van der Waals surface area contributed by atoms with Gasteiger partial charge in [-0.1, -0.05) is 4.20 Å². The average Bonchev–Trinajstić information content (AvgIpc) is 0.722. The van der Waals surface area contributed by atoms with Crippen molar-refractivity contribution in [3.63, 3.8) is 0 Å². The van der Waals surface area contributed by atoms with Crippen molar-refractivity contribution in [1.29, 1.82) is 0 Å². The molecule has 0 saturated heterocycles. The molecule has 0 N–H and O–H groups in total. The Bertz CT molecular complexity index is 23.1. The Hall–Kier alpha value is 0.790. The van der Waals surface area contributed by atoms with E-state index < -0.39 is 7.26 Å². The lowest BCUT2D eigenvalue weighted by Gasteiger charge is -1.88. The van der Waals surface area contributed by atoms with Crippen molar-refractivity contribution in [3.05, 3.63) is 0 Å². The summed E-state index contributed by atoms with van der Waals surface area (Å²) in [5.74, 6) is 0. The van der Waals surface area contributed by atoms with E-state index in [2.05, 4.69) is 8.93 Å². The fourth-order valence-electron chi connectivity index (χ4n) is 0. The van der Waals surface area contributed by atoms with E-state index in [1.807, 2.05) is 0 Å². The molecule has 0 radical (unpaired) electrons. The summed E-state index contributed by atoms with van der Waals surface area (Å²) in [5, 5.41) is 0. The lowest BCUT2D eigenvalue weighted by atomic mass is 11.9. The van der Waals surface area contributed by atoms with Crippen LogP contribution in [0.15, 0.2) is 0 Å². The van der Waals surface area contributed by atoms with Crippen molar-refractivity contribution in [1.82, 2.24) is 0 Å². The summed E-state index contributed by atoms with van der Waals surface area (Å²) in [6.45, 7) is 3.19. The lowest BCUT2D eigenvalue weighted by molar-refractivity contribution is 0.899. The first-order valence-corrected chi connectivity index (χ1v) is 5.51. The van der Waals surface area contributed by atoms with Gasteiger partial charge >= 0.3 is 0 Å². The zero-order valence-electron chi connectivity index (χ0n) is 3.40. The highest BCUT2D eigenvalue weighted by atomic mass is 32.1. The normalized spacial score (nSPS) is 12.0. The molecule has 0 amide bonds. The molecule has 32 valence electrons. The molecule has 0 aliphatic heterocycles. The minimum Gasteiger partial charge on any atom is -0.0639 e. The second-order valence-corrected chi connectivity index (χ2v) is 7.88. The molecule has 0 fully saturated rings. The summed E-state index contributed by atoms with van der Waals surface area (Å²) in [6.07, 6.45) is 0. The maximum atomic E-state index is 11.8. The largest absolute Gasteiger partial charge is 0.207 e. The SMILES string of the molecule is C[P+](C)(F)P. The molecule has 1 atom stereocenters. The van der Waals surface area contributed by atoms with Gasteiger partial charge in [0.1, 0.15) is 0 Å². The van der Waals surface area contributed by atoms with Crippen LogP contribution in [0.1, 0.15) is 0 Å². The van der Waals surface area contributed by atoms with Crippen molar-refractivity contribution >= 4 is 16.2 Å². The van der Waals surface area contributed by atoms with E-state index in [0.29, 0.717) is 0 Å². The quantitative estimate of drug-likeness (QED) is 0.421. The molecule has 0 heterocycles. The van der Waals surface area contributed by atoms with Crippen molar-refractivity contribution in [2.75, 3.05) is 13.3 Å². The number of halogens is 1. The Balaban J connectivity index is 3.02. The van der Waals surface area contributed by atoms with Crippen LogP contribution in [-0.4, -0.2) is 13.3 Å². The number of hydrogen-bond donors (Lipinski definition) is 0. The summed E-state index contributed by atoms with van der Waals surface area (Å²) >= 11 is 0. The smallest absolute Gasteiger partial charge is 0.0639 e. The van der Waals surface area contributed by atoms with E-state index in [1.54, 1.807) is 13.3 Å². The molecule has 3 heteroatoms. The second-order valence-electron chi connectivity index (χ2n) is 1.40. The van der Waals surface area contributed by atoms with E-state index in [0.717, 1.165) is 0 Å². The minimum atomic E-state index is -1.97. The molecule has 0 rings (SSSR count). The summed E-state index contributed by atoms with van der Waals surface area (Å²) < 4.78 is 11.8. The molecule has 0 saturated carbocycles. The minimum absolute atomic E-state index is 1.59. The van der Waals surface area contributed by atoms with E-state index in [9.17, 15) is 4.20 Å². The topological polar surface area (TPSA) is 0 Å². The van der Waals surface area contributed by atoms with E-state index >= 15 is 0 Å². The molecule has 0 aliphatic carbocycles. The fraction of sp³-hybridized carbons (Fsp3) is 1.00. The van der Waals surface area contributed by atoms with Gasteiger partial charge in [-0.2, -0.15) is 0 Å². The van der Waals surface area contributed by atoms with Crippen LogP contribution >= 0.6 is 16.2 Å². The average molecular weight is 113 g/mol. The van der Waals surface area contributed by atoms with Crippen LogP contribution in [-0.2, 0) is 0 Å². The molecular formula is C2H8FP2+. The summed E-state index contributed by atoms with van der Waals surface area (Å²) in [6, 6.07) is 0. The molecular weight excluding hydrogens is 105 g/mol. The van der Waals surface area contributed by atoms with Crippen LogP contribution in [0.25, 0.3) is 0 Å². The highest BCUT2D eigenvalue weighted by Crippen LogP contribution is 2.61. The zero-order chi connectivity index (χ0) is 4.50. The van der Waals surface area contributed by atoms with Gasteiger partial charge in [0.2, 0.25) is 7.26 Å². The third kappa shape index (κ3) is 59.7. The fourth-order valence-corrected chi connectivity index (χ4v) is 0. The van der Waals surface area contributed by atoms with Gasteiger partial charge in [0.25, 0.3) is 0 Å². The maximum Gasteiger partial charge on any atom is 0.207 e. The first kappa shape index (κ1) is 5.79. The van der Waals surface area contributed by atoms with Gasteiger partial charge in [0, 0.05) is 0 Å². The van der Waals surface area contributed by atoms with Crippen molar-refractivity contribution in [2.45, 2.75) is 0 Å². The molecule has 0 aromatic rings. The Morgan fingerprint density at radius 2 is 1.60 bits per heavy atom. The van der Waals surface area contributed by atoms with Crippen LogP contribution in [0.2, 0.25) is 0 Å². The van der Waals surface area contributed by atoms with Gasteiger partial charge in [-0.15, -0.1) is 0 Å². The molecule has 5 heavy (non-hydrogen) atoms. The Kier molecular flexibility index (Phi) is 1.73. The molecule has 0 bridgehead atoms. The van der Waals surface area contributed by atoms with E-state index in [4.69, 9.17) is 0 Å². The molecule has 0 aromatic carbocycles. The van der Waals surface area contributed by atoms with E-state index in [-0.39, 0.29) is 0 Å². The highest BCUT2D eigenvalue weighted by Gasteiger charge is 2.13. The summed E-state index contributed by atoms with van der Waals surface area (Å²) in [7, 11) is 0.187. The van der Waals surface area contributed by atoms with Crippen LogP contribution in [0.4, 0.5) is 4.20 Å². The molecule has 0 nitrogen and oxygen atoms in total. The summed E-state index contributed by atoms with van der Waals surface area (Å²) in [5.41, 5.74) is 0. The number of rotatable bonds is 0. The zero-order valence-corrected chi connectivity index (χ0v) is 5.45. The second kappa shape index (κ2) is 1.49. The third-order valence-corrected chi connectivity index (χ3v) is 0. The van der Waals surface area contributed by atoms with Crippen molar-refractivity contribution in [3.8, 4) is 0 Å². The maximum absolute atomic E-state index is 11.8. The lowest BCUT2D eigenvalue weighted by Crippen LogP contribution is -1.55. The van der Waals surface area contributed by atoms with Crippen LogP contribution in [0.3, 0.4) is 0 Å². The van der Waals surface area contributed by atoms with Gasteiger partial charge in [0.05, 0.1) is 22.3 Å².